The number of aryl methyl sites for hydroxylation is 1. The van der Waals surface area contributed by atoms with Crippen molar-refractivity contribution in [2.75, 3.05) is 10.0 Å². The number of nitrogens with one attached hydrogen (secondary N) is 2. The number of halogens is 3. The fourth-order valence-electron chi connectivity index (χ4n) is 2.69. The molecule has 1 aliphatic rings. The summed E-state index contributed by atoms with van der Waals surface area (Å²) in [4.78, 5) is 0. The van der Waals surface area contributed by atoms with Gasteiger partial charge in [0.25, 0.3) is 0 Å². The van der Waals surface area contributed by atoms with Crippen molar-refractivity contribution in [3.05, 3.63) is 45.2 Å². The molecule has 0 spiro atoms. The Balaban J connectivity index is 1.84. The molecule has 2 aromatic carbocycles. The Labute approximate surface area is 167 Å². The van der Waals surface area contributed by atoms with Crippen molar-refractivity contribution in [1.29, 1.82) is 0 Å². The summed E-state index contributed by atoms with van der Waals surface area (Å²) in [5, 5.41) is 6.37. The SMILES string of the molecule is Cc1noc2c(F)c(Nc3ccc(I)c(F)c3)c(NS(=O)(=O)C3CC3)cc12. The van der Waals surface area contributed by atoms with Gasteiger partial charge in [-0.2, -0.15) is 0 Å². The minimum atomic E-state index is -3.63. The average molecular weight is 505 g/mol. The Morgan fingerprint density at radius 3 is 2.67 bits per heavy atom. The first-order valence-corrected chi connectivity index (χ1v) is 10.7. The van der Waals surface area contributed by atoms with E-state index in [0.29, 0.717) is 27.5 Å². The van der Waals surface area contributed by atoms with Gasteiger partial charge < -0.3 is 9.84 Å². The Bertz CT molecular complexity index is 1160. The zero-order chi connectivity index (χ0) is 19.3. The van der Waals surface area contributed by atoms with Crippen LogP contribution in [-0.4, -0.2) is 18.8 Å². The molecule has 0 amide bonds. The Morgan fingerprint density at radius 2 is 2.00 bits per heavy atom. The molecule has 1 fully saturated rings. The number of fused-ring (bicyclic) bond motifs is 1. The molecule has 10 heteroatoms. The zero-order valence-corrected chi connectivity index (χ0v) is 17.0. The third-order valence-corrected chi connectivity index (χ3v) is 7.02. The highest BCUT2D eigenvalue weighted by Crippen LogP contribution is 2.38. The first kappa shape index (κ1) is 18.4. The van der Waals surface area contributed by atoms with Crippen molar-refractivity contribution in [1.82, 2.24) is 5.16 Å². The number of hydrogen-bond acceptors (Lipinski definition) is 5. The molecule has 4 rings (SSSR count). The van der Waals surface area contributed by atoms with Gasteiger partial charge in [0, 0.05) is 14.6 Å². The average Bonchev–Trinajstić information content (AvgIpc) is 3.40. The van der Waals surface area contributed by atoms with Crippen LogP contribution in [0.5, 0.6) is 0 Å². The van der Waals surface area contributed by atoms with Crippen molar-refractivity contribution in [2.45, 2.75) is 25.0 Å². The van der Waals surface area contributed by atoms with Crippen LogP contribution in [0.1, 0.15) is 18.5 Å². The summed E-state index contributed by atoms with van der Waals surface area (Å²) in [5.41, 5.74) is 0.480. The van der Waals surface area contributed by atoms with Crippen molar-refractivity contribution >= 4 is 60.6 Å². The molecule has 0 atom stereocenters. The van der Waals surface area contributed by atoms with E-state index >= 15 is 4.39 Å². The van der Waals surface area contributed by atoms with Crippen molar-refractivity contribution in [3.8, 4) is 0 Å². The lowest BCUT2D eigenvalue weighted by atomic mass is 10.1. The van der Waals surface area contributed by atoms with E-state index < -0.39 is 26.9 Å². The molecule has 0 saturated heterocycles. The Morgan fingerprint density at radius 1 is 1.26 bits per heavy atom. The van der Waals surface area contributed by atoms with E-state index in [9.17, 15) is 12.8 Å². The van der Waals surface area contributed by atoms with Crippen LogP contribution >= 0.6 is 22.6 Å². The predicted octanol–water partition coefficient (Wildman–Crippen LogP) is 4.67. The molecule has 3 aromatic rings. The summed E-state index contributed by atoms with van der Waals surface area (Å²) in [7, 11) is -3.63. The third-order valence-electron chi connectivity index (χ3n) is 4.29. The number of aromatic nitrogens is 1. The summed E-state index contributed by atoms with van der Waals surface area (Å²) >= 11 is 1.84. The van der Waals surface area contributed by atoms with Gasteiger partial charge >= 0.3 is 0 Å². The largest absolute Gasteiger partial charge is 0.353 e. The first-order valence-electron chi connectivity index (χ1n) is 8.08. The van der Waals surface area contributed by atoms with Crippen LogP contribution in [0.4, 0.5) is 25.8 Å². The van der Waals surface area contributed by atoms with Gasteiger partial charge in [-0.3, -0.25) is 4.72 Å². The lowest BCUT2D eigenvalue weighted by Gasteiger charge is -2.15. The third kappa shape index (κ3) is 3.47. The van der Waals surface area contributed by atoms with E-state index in [1.807, 2.05) is 22.6 Å². The lowest BCUT2D eigenvalue weighted by Crippen LogP contribution is -2.18. The standard InChI is InChI=1S/C17H14F2IN3O3S/c1-8-11-7-14(23-27(24,25)10-3-4-10)16(15(19)17(11)26-22-8)21-9-2-5-13(20)12(18)6-9/h2,5-7,10,21,23H,3-4H2,1H3. The second-order valence-electron chi connectivity index (χ2n) is 6.36. The van der Waals surface area contributed by atoms with Gasteiger partial charge in [-0.05, 0) is 66.6 Å². The minimum absolute atomic E-state index is 0.0251. The predicted molar refractivity (Wildman–Crippen MR) is 107 cm³/mol. The number of nitrogens with zero attached hydrogens (tertiary/aromatic N) is 1. The van der Waals surface area contributed by atoms with Gasteiger partial charge in [0.1, 0.15) is 11.5 Å². The first-order chi connectivity index (χ1) is 12.8. The molecule has 2 N–H and O–H groups in total. The number of benzene rings is 2. The van der Waals surface area contributed by atoms with Crippen LogP contribution in [0, 0.1) is 22.1 Å². The van der Waals surface area contributed by atoms with Crippen molar-refractivity contribution in [3.63, 3.8) is 0 Å². The van der Waals surface area contributed by atoms with E-state index in [1.54, 1.807) is 13.0 Å². The molecule has 1 aliphatic carbocycles. The number of rotatable bonds is 5. The van der Waals surface area contributed by atoms with Crippen molar-refractivity contribution in [2.24, 2.45) is 0 Å². The maximum absolute atomic E-state index is 15.1. The topological polar surface area (TPSA) is 84.2 Å². The highest BCUT2D eigenvalue weighted by Gasteiger charge is 2.36. The normalized spacial score (nSPS) is 14.5. The fourth-order valence-corrected chi connectivity index (χ4v) is 4.42. The summed E-state index contributed by atoms with van der Waals surface area (Å²) in [6.07, 6.45) is 1.13. The smallest absolute Gasteiger partial charge is 0.235 e. The van der Waals surface area contributed by atoms with Gasteiger partial charge in [-0.1, -0.05) is 5.16 Å². The summed E-state index contributed by atoms with van der Waals surface area (Å²) in [6.45, 7) is 1.63. The molecule has 142 valence electrons. The molecule has 0 bridgehead atoms. The zero-order valence-electron chi connectivity index (χ0n) is 14.0. The maximum atomic E-state index is 15.1. The summed E-state index contributed by atoms with van der Waals surface area (Å²) in [5.74, 6) is -1.28. The van der Waals surface area contributed by atoms with Crippen LogP contribution in [0.15, 0.2) is 28.8 Å². The molecule has 0 aliphatic heterocycles. The molecule has 1 saturated carbocycles. The van der Waals surface area contributed by atoms with Crippen LogP contribution in [0.3, 0.4) is 0 Å². The molecule has 6 nitrogen and oxygen atoms in total. The quantitative estimate of drug-likeness (QED) is 0.493. The Hall–Kier alpha value is -1.95. The van der Waals surface area contributed by atoms with E-state index in [-0.39, 0.29) is 22.6 Å². The fraction of sp³-hybridized carbons (Fsp3) is 0.235. The highest BCUT2D eigenvalue weighted by molar-refractivity contribution is 14.1. The van der Waals surface area contributed by atoms with Gasteiger partial charge in [0.05, 0.1) is 16.6 Å². The molecule has 1 heterocycles. The van der Waals surface area contributed by atoms with Crippen LogP contribution in [-0.2, 0) is 10.0 Å². The van der Waals surface area contributed by atoms with E-state index in [1.165, 1.54) is 18.2 Å². The maximum Gasteiger partial charge on any atom is 0.235 e. The van der Waals surface area contributed by atoms with Crippen molar-refractivity contribution < 1.29 is 21.7 Å². The van der Waals surface area contributed by atoms with Crippen LogP contribution < -0.4 is 10.0 Å². The summed E-state index contributed by atoms with van der Waals surface area (Å²) < 4.78 is 61.6. The van der Waals surface area contributed by atoms with Gasteiger partial charge in [-0.15, -0.1) is 0 Å². The molecule has 27 heavy (non-hydrogen) atoms. The lowest BCUT2D eigenvalue weighted by molar-refractivity contribution is 0.436. The number of anilines is 3. The minimum Gasteiger partial charge on any atom is -0.353 e. The van der Waals surface area contributed by atoms with Crippen LogP contribution in [0.25, 0.3) is 11.0 Å². The molecular weight excluding hydrogens is 491 g/mol. The second-order valence-corrected chi connectivity index (χ2v) is 9.48. The highest BCUT2D eigenvalue weighted by atomic mass is 127. The number of sulfonamides is 1. The molecule has 0 radical (unpaired) electrons. The summed E-state index contributed by atoms with van der Waals surface area (Å²) in [6, 6.07) is 5.77. The molecular formula is C17H14F2IN3O3S. The molecule has 0 unspecified atom stereocenters. The monoisotopic (exact) mass is 505 g/mol. The molecule has 1 aromatic heterocycles. The van der Waals surface area contributed by atoms with E-state index in [2.05, 4.69) is 15.2 Å². The van der Waals surface area contributed by atoms with Gasteiger partial charge in [-0.25, -0.2) is 17.2 Å². The Kier molecular flexibility index (Phi) is 4.49. The number of hydrogen-bond donors (Lipinski definition) is 2. The van der Waals surface area contributed by atoms with Crippen LogP contribution in [0.2, 0.25) is 0 Å². The van der Waals surface area contributed by atoms with E-state index in [0.717, 1.165) is 0 Å². The second kappa shape index (κ2) is 6.59. The van der Waals surface area contributed by atoms with Gasteiger partial charge in [0.2, 0.25) is 15.6 Å². The van der Waals surface area contributed by atoms with E-state index in [4.69, 9.17) is 4.52 Å². The van der Waals surface area contributed by atoms with Gasteiger partial charge in [0.15, 0.2) is 5.82 Å².